The van der Waals surface area contributed by atoms with E-state index >= 15 is 0 Å². The Labute approximate surface area is 380 Å². The van der Waals surface area contributed by atoms with Crippen LogP contribution in [0.15, 0.2) is 24.3 Å². The number of nitrogens with two attached hydrogens (primary N) is 1. The summed E-state index contributed by atoms with van der Waals surface area (Å²) in [6, 6.07) is 1.50. The molecule has 1 unspecified atom stereocenters. The number of primary amides is 1. The van der Waals surface area contributed by atoms with Gasteiger partial charge in [0.05, 0.1) is 31.6 Å². The minimum Gasteiger partial charge on any atom is -0.508 e. The highest BCUT2D eigenvalue weighted by Crippen LogP contribution is 2.33. The molecule has 65 heavy (non-hydrogen) atoms. The molecule has 0 saturated carbocycles. The molecular weight excluding hydrogens is 873 g/mol. The van der Waals surface area contributed by atoms with Crippen LogP contribution >= 0.6 is 11.8 Å². The summed E-state index contributed by atoms with van der Waals surface area (Å²) >= 11 is 1.82. The summed E-state index contributed by atoms with van der Waals surface area (Å²) in [4.78, 5) is 125. The first-order valence-corrected chi connectivity index (χ1v) is 22.5. The first-order chi connectivity index (χ1) is 30.8. The summed E-state index contributed by atoms with van der Waals surface area (Å²) in [5, 5.41) is 49.0. The number of carbonyl (C=O) groups is 10. The molecule has 3 rings (SSSR count). The van der Waals surface area contributed by atoms with Crippen LogP contribution in [0.4, 0.5) is 4.79 Å². The molecule has 1 aromatic carbocycles. The Morgan fingerprint density at radius 3 is 2.12 bits per heavy atom. The molecule has 360 valence electrons. The molecule has 2 saturated heterocycles. The number of aromatic hydroxyl groups is 1. The van der Waals surface area contributed by atoms with Gasteiger partial charge in [-0.25, -0.2) is 10.3 Å². The first-order valence-electron chi connectivity index (χ1n) is 21.5. The average Bonchev–Trinajstić information content (AvgIpc) is 3.81. The molecule has 0 radical (unpaired) electrons. The molecule has 2 aliphatic heterocycles. The second-order valence-corrected chi connectivity index (χ2v) is 17.7. The maximum Gasteiger partial charge on any atom is 0.315 e. The van der Waals surface area contributed by atoms with Gasteiger partial charge in [-0.05, 0) is 62.1 Å². The lowest BCUT2D eigenvalue weighted by Gasteiger charge is -2.25. The predicted octanol–water partition coefficient (Wildman–Crippen LogP) is -1.85. The molecular formula is C41H62N10O13S. The number of phenolic OH excluding ortho intramolecular Hbond substituents is 1. The minimum absolute atomic E-state index is 0.0762. The van der Waals surface area contributed by atoms with Crippen LogP contribution < -0.4 is 53.7 Å². The summed E-state index contributed by atoms with van der Waals surface area (Å²) in [5.41, 5.74) is 7.38. The molecule has 1 aromatic rings. The van der Waals surface area contributed by atoms with Gasteiger partial charge >= 0.3 is 12.0 Å². The van der Waals surface area contributed by atoms with Gasteiger partial charge < -0.3 is 58.5 Å². The fourth-order valence-corrected chi connectivity index (χ4v) is 8.81. The summed E-state index contributed by atoms with van der Waals surface area (Å²) in [5.74, 6) is -8.00. The van der Waals surface area contributed by atoms with Crippen molar-refractivity contribution in [3.63, 3.8) is 0 Å². The second-order valence-electron chi connectivity index (χ2n) is 16.4. The van der Waals surface area contributed by atoms with Crippen LogP contribution in [0.1, 0.15) is 83.6 Å². The SMILES string of the molecule is CC(C)CC(CC(=O)NO)C(=O)N[C@@H](Cc1ccc(O)cc1)C(=O)N[C@@H](CC(=O)O)C(=O)NCC(=O)NCC(=O)N[C@@H](CCCCNC(=O)CCCC[C@@H]1SC[C@@H]2NC(=O)N[C@@H]21)C(N)=O. The van der Waals surface area contributed by atoms with Crippen LogP contribution in [0.25, 0.3) is 0 Å². The van der Waals surface area contributed by atoms with Crippen molar-refractivity contribution >= 4 is 71.0 Å². The Bertz CT molecular complexity index is 1850. The molecule has 10 amide bonds. The topological polar surface area (TPSA) is 366 Å². The van der Waals surface area contributed by atoms with Crippen molar-refractivity contribution in [2.24, 2.45) is 17.6 Å². The zero-order chi connectivity index (χ0) is 48.1. The maximum absolute atomic E-state index is 13.6. The summed E-state index contributed by atoms with van der Waals surface area (Å²) in [7, 11) is 0. The monoisotopic (exact) mass is 934 g/mol. The van der Waals surface area contributed by atoms with Crippen LogP contribution in [0, 0.1) is 11.8 Å². The van der Waals surface area contributed by atoms with E-state index in [-0.39, 0.29) is 55.0 Å². The molecule has 2 heterocycles. The molecule has 0 spiro atoms. The summed E-state index contributed by atoms with van der Waals surface area (Å²) in [6.45, 7) is 2.57. The van der Waals surface area contributed by atoms with E-state index in [0.29, 0.717) is 43.0 Å². The van der Waals surface area contributed by atoms with Crippen molar-refractivity contribution in [1.29, 1.82) is 0 Å². The normalized spacial score (nSPS) is 18.0. The molecule has 2 aliphatic rings. The third-order valence-electron chi connectivity index (χ3n) is 10.6. The maximum atomic E-state index is 13.6. The van der Waals surface area contributed by atoms with E-state index in [4.69, 9.17) is 10.9 Å². The van der Waals surface area contributed by atoms with Crippen molar-refractivity contribution in [2.75, 3.05) is 25.4 Å². The van der Waals surface area contributed by atoms with Crippen LogP contribution in [-0.2, 0) is 49.6 Å². The number of rotatable bonds is 29. The second kappa shape index (κ2) is 27.2. The third kappa shape index (κ3) is 19.6. The number of nitrogens with one attached hydrogen (secondary N) is 9. The highest BCUT2D eigenvalue weighted by molar-refractivity contribution is 8.00. The number of hydrogen-bond donors (Lipinski definition) is 13. The number of phenols is 1. The lowest BCUT2D eigenvalue weighted by molar-refractivity contribution is -0.141. The van der Waals surface area contributed by atoms with Crippen molar-refractivity contribution in [3.8, 4) is 5.75 Å². The Kier molecular flexibility index (Phi) is 22.3. The number of hydrogen-bond acceptors (Lipinski definition) is 13. The van der Waals surface area contributed by atoms with Gasteiger partial charge in [0.15, 0.2) is 0 Å². The average molecular weight is 935 g/mol. The van der Waals surface area contributed by atoms with Crippen LogP contribution in [-0.4, -0.2) is 136 Å². The van der Waals surface area contributed by atoms with Crippen molar-refractivity contribution in [3.05, 3.63) is 29.8 Å². The molecule has 14 N–H and O–H groups in total. The van der Waals surface area contributed by atoms with Crippen LogP contribution in [0.3, 0.4) is 0 Å². The van der Waals surface area contributed by atoms with Gasteiger partial charge in [-0.15, -0.1) is 0 Å². The van der Waals surface area contributed by atoms with Gasteiger partial charge in [0.1, 0.15) is 23.9 Å². The van der Waals surface area contributed by atoms with Crippen LogP contribution in [0.5, 0.6) is 5.75 Å². The molecule has 7 atom stereocenters. The molecule has 0 aromatic heterocycles. The Balaban J connectivity index is 1.43. The number of unbranched alkanes of at least 4 members (excludes halogenated alkanes) is 2. The fraction of sp³-hybridized carbons (Fsp3) is 0.610. The first kappa shape index (κ1) is 53.2. The smallest absolute Gasteiger partial charge is 0.315 e. The van der Waals surface area contributed by atoms with Gasteiger partial charge in [0.2, 0.25) is 47.3 Å². The number of aliphatic carboxylic acids is 1. The molecule has 2 fully saturated rings. The molecule has 0 bridgehead atoms. The Morgan fingerprint density at radius 1 is 0.769 bits per heavy atom. The lowest BCUT2D eigenvalue weighted by atomic mass is 9.92. The Morgan fingerprint density at radius 2 is 1.46 bits per heavy atom. The van der Waals surface area contributed by atoms with E-state index in [1.165, 1.54) is 29.7 Å². The van der Waals surface area contributed by atoms with Gasteiger partial charge in [0.25, 0.3) is 0 Å². The highest BCUT2D eigenvalue weighted by atomic mass is 32.2. The van der Waals surface area contributed by atoms with E-state index < -0.39 is 97.3 Å². The number of carboxylic acid groups (broad SMARTS) is 1. The summed E-state index contributed by atoms with van der Waals surface area (Å²) < 4.78 is 0. The van der Waals surface area contributed by atoms with Crippen molar-refractivity contribution in [2.45, 2.75) is 120 Å². The fourth-order valence-electron chi connectivity index (χ4n) is 7.27. The molecule has 0 aliphatic carbocycles. The number of fused-ring (bicyclic) bond motifs is 1. The van der Waals surface area contributed by atoms with Gasteiger partial charge in [-0.2, -0.15) is 11.8 Å². The number of benzene rings is 1. The third-order valence-corrected chi connectivity index (χ3v) is 12.1. The van der Waals surface area contributed by atoms with Crippen molar-refractivity contribution in [1.82, 2.24) is 48.0 Å². The van der Waals surface area contributed by atoms with E-state index in [1.807, 2.05) is 11.8 Å². The molecule has 24 heteroatoms. The Hall–Kier alpha value is -6.17. The van der Waals surface area contributed by atoms with Gasteiger partial charge in [-0.3, -0.25) is 48.4 Å². The zero-order valence-electron chi connectivity index (χ0n) is 36.4. The number of thioether (sulfide) groups is 1. The lowest BCUT2D eigenvalue weighted by Crippen LogP contribution is -2.56. The number of carboxylic acids is 1. The molecule has 23 nitrogen and oxygen atoms in total. The van der Waals surface area contributed by atoms with E-state index in [2.05, 4.69) is 42.5 Å². The quantitative estimate of drug-likeness (QED) is 0.0182. The zero-order valence-corrected chi connectivity index (χ0v) is 37.3. The number of carbonyl (C=O) groups excluding carboxylic acids is 9. The van der Waals surface area contributed by atoms with Gasteiger partial charge in [0, 0.05) is 42.7 Å². The van der Waals surface area contributed by atoms with Crippen molar-refractivity contribution < 1.29 is 63.4 Å². The standard InChI is InChI=1S/C41H62N10O13S/c1-22(2)15-24(17-32(54)51-64)38(60)47-27(16-23-10-12-25(52)13-11-23)40(62)48-28(18-35(57)58)39(61)45-19-33(55)44-20-34(56)46-26(37(42)59)7-5-6-14-43-31(53)9-4-3-8-30-36-29(21-65-30)49-41(63)50-36/h10-13,22,24,26-30,36,52,64H,3-9,14-21H2,1-2H3,(H2,42,59)(H,43,53)(H,44,55)(H,45,61)(H,46,56)(H,47,60)(H,48,62)(H,51,54)(H,57,58)(H2,49,50,63)/t24?,26-,27-,28-,29-,30-,36-/m0/s1. The van der Waals surface area contributed by atoms with E-state index in [9.17, 15) is 58.2 Å². The largest absolute Gasteiger partial charge is 0.508 e. The van der Waals surface area contributed by atoms with E-state index in [0.717, 1.165) is 18.6 Å². The number of amides is 10. The van der Waals surface area contributed by atoms with Crippen LogP contribution in [0.2, 0.25) is 0 Å². The van der Waals surface area contributed by atoms with Gasteiger partial charge in [-0.1, -0.05) is 32.4 Å². The number of hydroxylamine groups is 1. The van der Waals surface area contributed by atoms with E-state index in [1.54, 1.807) is 13.8 Å². The highest BCUT2D eigenvalue weighted by Gasteiger charge is 2.42. The summed E-state index contributed by atoms with van der Waals surface area (Å²) in [6.07, 6.45) is 2.53. The predicted molar refractivity (Wildman–Crippen MR) is 233 cm³/mol. The minimum atomic E-state index is -1.75. The number of urea groups is 1.